The van der Waals surface area contributed by atoms with Crippen LogP contribution in [-0.2, 0) is 26.5 Å². The Morgan fingerprint density at radius 3 is 2.09 bits per heavy atom. The number of hydrogen-bond donors (Lipinski definition) is 0. The SMILES string of the molecule is CCC(CC)c1cc(Oc2[c-]c3c(cc2)c2ccccc2n3-c2cc(C(CC)CC)ccn2)[c-]c(N2[CH-]N(c3cccc(C(C)(C)C)c3)c3ccccc32)c1.[Pt]. The number of nitrogens with zero attached hydrogens (tertiary/aromatic N) is 4. The van der Waals surface area contributed by atoms with Crippen LogP contribution in [-0.4, -0.2) is 9.55 Å². The Labute approximate surface area is 347 Å². The largest absolute Gasteiger partial charge is 0.509 e. The molecule has 0 N–H and O–H groups in total. The molecule has 3 heterocycles. The van der Waals surface area contributed by atoms with E-state index >= 15 is 0 Å². The summed E-state index contributed by atoms with van der Waals surface area (Å²) in [6.07, 6.45) is 6.20. The molecule has 0 aliphatic carbocycles. The van der Waals surface area contributed by atoms with Crippen LogP contribution in [0.5, 0.6) is 11.5 Å². The van der Waals surface area contributed by atoms with Crippen LogP contribution >= 0.6 is 0 Å². The third-order valence-electron chi connectivity index (χ3n) is 11.4. The standard InChI is InChI=1S/C50H51N4O.Pt/c1-8-34(9-2)36-25-26-51-49(29-36)54-45-20-13-12-19-43(45)44-24-23-41(32-48(44)54)55-42-28-37(35(10-3)11-4)27-40(31-42)53-33-52(46-21-14-15-22-47(46)53)39-18-16-17-38(30-39)50(5,6)7;/h12-30,33-35H,8-11H2,1-7H3;/q-3;. The summed E-state index contributed by atoms with van der Waals surface area (Å²) >= 11 is 0. The summed E-state index contributed by atoms with van der Waals surface area (Å²) in [6.45, 7) is 18.0. The van der Waals surface area contributed by atoms with Gasteiger partial charge < -0.3 is 19.1 Å². The molecule has 7 aromatic rings. The van der Waals surface area contributed by atoms with Crippen LogP contribution < -0.4 is 14.5 Å². The van der Waals surface area contributed by atoms with Gasteiger partial charge in [-0.3, -0.25) is 0 Å². The first-order valence-corrected chi connectivity index (χ1v) is 20.0. The molecule has 0 amide bonds. The number of hydrogen-bond acceptors (Lipinski definition) is 4. The molecule has 8 rings (SSSR count). The fraction of sp³-hybridized carbons (Fsp3) is 0.280. The van der Waals surface area contributed by atoms with Crippen molar-refractivity contribution < 1.29 is 25.8 Å². The molecular formula is C50H51N4OPt-3. The van der Waals surface area contributed by atoms with Gasteiger partial charge in [0.25, 0.3) is 0 Å². The Hall–Kier alpha value is -4.86. The molecule has 5 aromatic carbocycles. The number of benzene rings is 5. The van der Waals surface area contributed by atoms with E-state index in [-0.39, 0.29) is 26.5 Å². The monoisotopic (exact) mass is 918 g/mol. The molecular weight excluding hydrogens is 868 g/mol. The summed E-state index contributed by atoms with van der Waals surface area (Å²) in [4.78, 5) is 9.44. The average Bonchev–Trinajstić information content (AvgIpc) is 3.75. The summed E-state index contributed by atoms with van der Waals surface area (Å²) in [5, 5.41) is 2.28. The van der Waals surface area contributed by atoms with Gasteiger partial charge in [-0.25, -0.2) is 4.98 Å². The minimum Gasteiger partial charge on any atom is -0.509 e. The van der Waals surface area contributed by atoms with Crippen LogP contribution in [0.1, 0.15) is 103 Å². The second-order valence-electron chi connectivity index (χ2n) is 15.8. The van der Waals surface area contributed by atoms with Crippen molar-refractivity contribution in [3.63, 3.8) is 0 Å². The minimum atomic E-state index is 0. The Kier molecular flexibility index (Phi) is 11.5. The van der Waals surface area contributed by atoms with E-state index < -0.39 is 0 Å². The quantitative estimate of drug-likeness (QED) is 0.121. The Bertz CT molecular complexity index is 2470. The van der Waals surface area contributed by atoms with Crippen LogP contribution in [0.15, 0.2) is 115 Å². The number of para-hydroxylation sites is 3. The maximum absolute atomic E-state index is 6.80. The minimum absolute atomic E-state index is 0. The van der Waals surface area contributed by atoms with Crippen LogP contribution in [0, 0.1) is 18.8 Å². The smallest absolute Gasteiger partial charge is 0.135 e. The molecule has 6 heteroatoms. The molecule has 0 saturated carbocycles. The molecule has 0 radical (unpaired) electrons. The first-order chi connectivity index (χ1) is 26.7. The van der Waals surface area contributed by atoms with Gasteiger partial charge in [0.1, 0.15) is 5.82 Å². The number of aromatic nitrogens is 2. The number of anilines is 4. The Morgan fingerprint density at radius 1 is 0.661 bits per heavy atom. The fourth-order valence-electron chi connectivity index (χ4n) is 8.22. The van der Waals surface area contributed by atoms with Gasteiger partial charge in [0, 0.05) is 61.3 Å². The topological polar surface area (TPSA) is 33.5 Å². The summed E-state index contributed by atoms with van der Waals surface area (Å²) < 4.78 is 9.04. The average molecular weight is 919 g/mol. The maximum atomic E-state index is 6.80. The number of pyridine rings is 1. The van der Waals surface area contributed by atoms with Gasteiger partial charge in [-0.05, 0) is 89.1 Å². The maximum Gasteiger partial charge on any atom is 0.135 e. The van der Waals surface area contributed by atoms with E-state index in [0.29, 0.717) is 23.3 Å². The Balaban J connectivity index is 0.00000480. The van der Waals surface area contributed by atoms with Crippen molar-refractivity contribution in [1.29, 1.82) is 0 Å². The first kappa shape index (κ1) is 39.4. The molecule has 1 aliphatic heterocycles. The molecule has 1 aliphatic rings. The van der Waals surface area contributed by atoms with Gasteiger partial charge in [0.15, 0.2) is 0 Å². The zero-order valence-electron chi connectivity index (χ0n) is 33.5. The number of ether oxygens (including phenoxy) is 1. The van der Waals surface area contributed by atoms with Gasteiger partial charge in [-0.1, -0.05) is 109 Å². The van der Waals surface area contributed by atoms with E-state index in [4.69, 9.17) is 9.72 Å². The zero-order chi connectivity index (χ0) is 38.3. The predicted octanol–water partition coefficient (Wildman–Crippen LogP) is 14.1. The van der Waals surface area contributed by atoms with Crippen molar-refractivity contribution in [3.05, 3.63) is 151 Å². The van der Waals surface area contributed by atoms with Gasteiger partial charge in [-0.2, -0.15) is 6.07 Å². The van der Waals surface area contributed by atoms with Crippen LogP contribution in [0.4, 0.5) is 22.7 Å². The number of rotatable bonds is 11. The molecule has 0 saturated heterocycles. The van der Waals surface area contributed by atoms with Crippen molar-refractivity contribution in [2.24, 2.45) is 0 Å². The van der Waals surface area contributed by atoms with E-state index in [0.717, 1.165) is 70.7 Å². The van der Waals surface area contributed by atoms with Crippen molar-refractivity contribution in [2.45, 2.75) is 91.4 Å². The van der Waals surface area contributed by atoms with E-state index in [1.807, 2.05) is 12.3 Å². The second kappa shape index (κ2) is 16.3. The van der Waals surface area contributed by atoms with Gasteiger partial charge in [0.2, 0.25) is 0 Å². The van der Waals surface area contributed by atoms with E-state index in [2.05, 4.69) is 185 Å². The van der Waals surface area contributed by atoms with Crippen LogP contribution in [0.2, 0.25) is 0 Å². The molecule has 0 atom stereocenters. The molecule has 0 unspecified atom stereocenters. The second-order valence-corrected chi connectivity index (χ2v) is 15.8. The van der Waals surface area contributed by atoms with Gasteiger partial charge in [-0.15, -0.1) is 53.6 Å². The predicted molar refractivity (Wildman–Crippen MR) is 230 cm³/mol. The first-order valence-electron chi connectivity index (χ1n) is 20.0. The van der Waals surface area contributed by atoms with Crippen molar-refractivity contribution >= 4 is 44.6 Å². The van der Waals surface area contributed by atoms with Gasteiger partial charge >= 0.3 is 0 Å². The van der Waals surface area contributed by atoms with Crippen molar-refractivity contribution in [1.82, 2.24) is 9.55 Å². The fourth-order valence-corrected chi connectivity index (χ4v) is 8.22. The molecule has 0 fully saturated rings. The van der Waals surface area contributed by atoms with E-state index in [9.17, 15) is 0 Å². The molecule has 56 heavy (non-hydrogen) atoms. The third kappa shape index (κ3) is 7.39. The summed E-state index contributed by atoms with van der Waals surface area (Å²) in [5.74, 6) is 3.09. The summed E-state index contributed by atoms with van der Waals surface area (Å²) in [6, 6.07) is 46.4. The normalized spacial score (nSPS) is 12.9. The van der Waals surface area contributed by atoms with Crippen molar-refractivity contribution in [3.8, 4) is 17.3 Å². The third-order valence-corrected chi connectivity index (χ3v) is 11.4. The zero-order valence-corrected chi connectivity index (χ0v) is 35.8. The summed E-state index contributed by atoms with van der Waals surface area (Å²) in [7, 11) is 0. The molecule has 0 spiro atoms. The van der Waals surface area contributed by atoms with Crippen LogP contribution in [0.25, 0.3) is 27.6 Å². The number of fused-ring (bicyclic) bond motifs is 4. The summed E-state index contributed by atoms with van der Waals surface area (Å²) in [5.41, 5.74) is 10.3. The molecule has 290 valence electrons. The Morgan fingerprint density at radius 2 is 1.36 bits per heavy atom. The molecule has 2 aromatic heterocycles. The van der Waals surface area contributed by atoms with E-state index in [1.165, 1.54) is 22.1 Å². The van der Waals surface area contributed by atoms with Crippen LogP contribution in [0.3, 0.4) is 0 Å². The van der Waals surface area contributed by atoms with Gasteiger partial charge in [0.05, 0.1) is 0 Å². The molecule has 0 bridgehead atoms. The molecule has 5 nitrogen and oxygen atoms in total. The van der Waals surface area contributed by atoms with Crippen molar-refractivity contribution in [2.75, 3.05) is 9.80 Å². The van der Waals surface area contributed by atoms with E-state index in [1.54, 1.807) is 0 Å².